The molecule has 5 heteroatoms. The van der Waals surface area contributed by atoms with Gasteiger partial charge in [-0.2, -0.15) is 5.10 Å². The van der Waals surface area contributed by atoms with E-state index in [-0.39, 0.29) is 5.92 Å². The lowest BCUT2D eigenvalue weighted by Gasteiger charge is -2.20. The maximum Gasteiger partial charge on any atom is 0.191 e. The van der Waals surface area contributed by atoms with Crippen molar-refractivity contribution in [1.29, 1.82) is 0 Å². The standard InChI is InChI=1S/C21H25N5/c1-22-21(23-13-17-14-25-26(2)16-17)24-15-20(18-9-5-3-6-10-18)19-11-7-4-8-12-19/h3-12,14,16,20H,13,15H2,1-2H3,(H2,22,23,24). The second-order valence-electron chi connectivity index (χ2n) is 6.20. The molecule has 0 fully saturated rings. The zero-order valence-corrected chi connectivity index (χ0v) is 15.3. The van der Waals surface area contributed by atoms with Crippen LogP contribution in [0.2, 0.25) is 0 Å². The van der Waals surface area contributed by atoms with Gasteiger partial charge in [0.1, 0.15) is 0 Å². The van der Waals surface area contributed by atoms with Crippen LogP contribution in [-0.2, 0) is 13.6 Å². The molecule has 1 aromatic heterocycles. The summed E-state index contributed by atoms with van der Waals surface area (Å²) in [6, 6.07) is 21.1. The number of aromatic nitrogens is 2. The third kappa shape index (κ3) is 4.72. The van der Waals surface area contributed by atoms with Crippen molar-refractivity contribution in [3.05, 3.63) is 89.7 Å². The first-order valence-corrected chi connectivity index (χ1v) is 8.78. The van der Waals surface area contributed by atoms with Gasteiger partial charge < -0.3 is 10.6 Å². The van der Waals surface area contributed by atoms with Crippen LogP contribution in [0.4, 0.5) is 0 Å². The van der Waals surface area contributed by atoms with Crippen LogP contribution in [0.15, 0.2) is 78.0 Å². The third-order valence-corrected chi connectivity index (χ3v) is 4.32. The van der Waals surface area contributed by atoms with Gasteiger partial charge in [-0.05, 0) is 11.1 Å². The minimum Gasteiger partial charge on any atom is -0.355 e. The largest absolute Gasteiger partial charge is 0.355 e. The van der Waals surface area contributed by atoms with Crippen LogP contribution in [-0.4, -0.2) is 29.3 Å². The summed E-state index contributed by atoms with van der Waals surface area (Å²) in [4.78, 5) is 4.34. The molecule has 2 N–H and O–H groups in total. The summed E-state index contributed by atoms with van der Waals surface area (Å²) in [7, 11) is 3.71. The molecule has 3 aromatic rings. The Hall–Kier alpha value is -3.08. The Bertz CT molecular complexity index is 784. The number of aliphatic imine (C=N–C) groups is 1. The Balaban J connectivity index is 1.66. The number of nitrogens with one attached hydrogen (secondary N) is 2. The molecule has 0 aliphatic heterocycles. The van der Waals surface area contributed by atoms with Gasteiger partial charge in [-0.1, -0.05) is 60.7 Å². The van der Waals surface area contributed by atoms with Crippen molar-refractivity contribution in [3.8, 4) is 0 Å². The molecule has 0 saturated heterocycles. The SMILES string of the molecule is CN=C(NCc1cnn(C)c1)NCC(c1ccccc1)c1ccccc1. The number of hydrogen-bond acceptors (Lipinski definition) is 2. The molecule has 5 nitrogen and oxygen atoms in total. The Morgan fingerprint density at radius 3 is 2.12 bits per heavy atom. The molecule has 3 rings (SSSR count). The molecule has 134 valence electrons. The smallest absolute Gasteiger partial charge is 0.191 e. The molecule has 1 heterocycles. The second kappa shape index (κ2) is 8.85. The Kier molecular flexibility index (Phi) is 6.04. The molecule has 0 atom stereocenters. The van der Waals surface area contributed by atoms with Gasteiger partial charge in [-0.15, -0.1) is 0 Å². The molecular formula is C21H25N5. The number of guanidine groups is 1. The monoisotopic (exact) mass is 347 g/mol. The molecule has 0 saturated carbocycles. The maximum absolute atomic E-state index is 4.34. The van der Waals surface area contributed by atoms with E-state index in [1.807, 2.05) is 31.6 Å². The highest BCUT2D eigenvalue weighted by molar-refractivity contribution is 5.79. The summed E-state index contributed by atoms with van der Waals surface area (Å²) in [6.45, 7) is 1.45. The lowest BCUT2D eigenvalue weighted by atomic mass is 9.91. The van der Waals surface area contributed by atoms with Crippen molar-refractivity contribution in [2.45, 2.75) is 12.5 Å². The summed E-state index contributed by atoms with van der Waals surface area (Å²) >= 11 is 0. The molecule has 0 aliphatic carbocycles. The number of hydrogen-bond donors (Lipinski definition) is 2. The summed E-state index contributed by atoms with van der Waals surface area (Å²) in [5.74, 6) is 1.04. The lowest BCUT2D eigenvalue weighted by Crippen LogP contribution is -2.39. The molecule has 26 heavy (non-hydrogen) atoms. The first kappa shape index (κ1) is 17.7. The van der Waals surface area contributed by atoms with E-state index in [4.69, 9.17) is 0 Å². The first-order chi connectivity index (χ1) is 12.8. The van der Waals surface area contributed by atoms with Gasteiger partial charge in [0.05, 0.1) is 6.20 Å². The van der Waals surface area contributed by atoms with Crippen LogP contribution >= 0.6 is 0 Å². The van der Waals surface area contributed by atoms with Crippen molar-refractivity contribution in [1.82, 2.24) is 20.4 Å². The summed E-state index contributed by atoms with van der Waals surface area (Å²) in [6.07, 6.45) is 3.86. The highest BCUT2D eigenvalue weighted by atomic mass is 15.2. The van der Waals surface area contributed by atoms with E-state index in [0.29, 0.717) is 6.54 Å². The van der Waals surface area contributed by atoms with Gasteiger partial charge in [0.15, 0.2) is 5.96 Å². The fraction of sp³-hybridized carbons (Fsp3) is 0.238. The average molecular weight is 347 g/mol. The van der Waals surface area contributed by atoms with E-state index >= 15 is 0 Å². The molecule has 0 unspecified atom stereocenters. The molecular weight excluding hydrogens is 322 g/mol. The van der Waals surface area contributed by atoms with E-state index in [9.17, 15) is 0 Å². The summed E-state index contributed by atoms with van der Waals surface area (Å²) < 4.78 is 1.80. The molecule has 0 aliphatic rings. The minimum absolute atomic E-state index is 0.259. The number of aryl methyl sites for hydroxylation is 1. The first-order valence-electron chi connectivity index (χ1n) is 8.78. The van der Waals surface area contributed by atoms with Gasteiger partial charge in [0, 0.05) is 44.9 Å². The molecule has 0 spiro atoms. The molecule has 2 aromatic carbocycles. The highest BCUT2D eigenvalue weighted by Crippen LogP contribution is 2.23. The minimum atomic E-state index is 0.259. The van der Waals surface area contributed by atoms with E-state index in [0.717, 1.165) is 18.1 Å². The van der Waals surface area contributed by atoms with E-state index in [2.05, 4.69) is 69.3 Å². The van der Waals surface area contributed by atoms with Gasteiger partial charge in [-0.25, -0.2) is 0 Å². The lowest BCUT2D eigenvalue weighted by molar-refractivity contribution is 0.727. The zero-order chi connectivity index (χ0) is 18.2. The Morgan fingerprint density at radius 1 is 1.00 bits per heavy atom. The van der Waals surface area contributed by atoms with Crippen molar-refractivity contribution in [2.24, 2.45) is 12.0 Å². The normalized spacial score (nSPS) is 11.6. The number of rotatable bonds is 6. The number of nitrogens with zero attached hydrogens (tertiary/aromatic N) is 3. The van der Waals surface area contributed by atoms with E-state index < -0.39 is 0 Å². The zero-order valence-electron chi connectivity index (χ0n) is 15.3. The topological polar surface area (TPSA) is 54.2 Å². The maximum atomic E-state index is 4.34. The van der Waals surface area contributed by atoms with Crippen molar-refractivity contribution < 1.29 is 0 Å². The predicted molar refractivity (Wildman–Crippen MR) is 106 cm³/mol. The molecule has 0 bridgehead atoms. The van der Waals surface area contributed by atoms with E-state index in [1.165, 1.54) is 11.1 Å². The number of benzene rings is 2. The van der Waals surface area contributed by atoms with Gasteiger partial charge in [0.25, 0.3) is 0 Å². The van der Waals surface area contributed by atoms with Crippen molar-refractivity contribution >= 4 is 5.96 Å². The Morgan fingerprint density at radius 2 is 1.62 bits per heavy atom. The van der Waals surface area contributed by atoms with Crippen LogP contribution in [0.3, 0.4) is 0 Å². The van der Waals surface area contributed by atoms with Crippen LogP contribution in [0, 0.1) is 0 Å². The molecule has 0 radical (unpaired) electrons. The van der Waals surface area contributed by atoms with Gasteiger partial charge >= 0.3 is 0 Å². The second-order valence-corrected chi connectivity index (χ2v) is 6.20. The van der Waals surface area contributed by atoms with Gasteiger partial charge in [0.2, 0.25) is 0 Å². The van der Waals surface area contributed by atoms with Crippen LogP contribution < -0.4 is 10.6 Å². The fourth-order valence-corrected chi connectivity index (χ4v) is 2.97. The third-order valence-electron chi connectivity index (χ3n) is 4.32. The highest BCUT2D eigenvalue weighted by Gasteiger charge is 2.14. The molecule has 0 amide bonds. The summed E-state index contributed by atoms with van der Waals surface area (Å²) in [5, 5.41) is 11.0. The van der Waals surface area contributed by atoms with Crippen LogP contribution in [0.25, 0.3) is 0 Å². The predicted octanol–water partition coefficient (Wildman–Crippen LogP) is 2.92. The fourth-order valence-electron chi connectivity index (χ4n) is 2.97. The van der Waals surface area contributed by atoms with Gasteiger partial charge in [-0.3, -0.25) is 9.67 Å². The quantitative estimate of drug-likeness (QED) is 0.532. The van der Waals surface area contributed by atoms with Crippen molar-refractivity contribution in [3.63, 3.8) is 0 Å². The Labute approximate surface area is 154 Å². The van der Waals surface area contributed by atoms with E-state index in [1.54, 1.807) is 11.7 Å². The summed E-state index contributed by atoms with van der Waals surface area (Å²) in [5.41, 5.74) is 3.70. The average Bonchev–Trinajstić information content (AvgIpc) is 3.11. The van der Waals surface area contributed by atoms with Crippen molar-refractivity contribution in [2.75, 3.05) is 13.6 Å². The van der Waals surface area contributed by atoms with Crippen LogP contribution in [0.5, 0.6) is 0 Å². The van der Waals surface area contributed by atoms with Crippen LogP contribution in [0.1, 0.15) is 22.6 Å².